The van der Waals surface area contributed by atoms with Gasteiger partial charge in [0.25, 0.3) is 5.92 Å². The summed E-state index contributed by atoms with van der Waals surface area (Å²) in [5.74, 6) is -2.60. The van der Waals surface area contributed by atoms with Crippen molar-refractivity contribution in [2.75, 3.05) is 7.05 Å². The van der Waals surface area contributed by atoms with Gasteiger partial charge in [-0.05, 0) is 14.0 Å². The van der Waals surface area contributed by atoms with Crippen LogP contribution in [-0.4, -0.2) is 19.0 Å². The van der Waals surface area contributed by atoms with Crippen LogP contribution >= 0.6 is 12.4 Å². The van der Waals surface area contributed by atoms with Gasteiger partial charge in [-0.3, -0.25) is 0 Å². The molecule has 0 unspecified atom stereocenters. The van der Waals surface area contributed by atoms with Crippen LogP contribution in [0.4, 0.5) is 8.78 Å². The zero-order chi connectivity index (χ0) is 6.78. The van der Waals surface area contributed by atoms with Gasteiger partial charge < -0.3 is 5.32 Å². The highest BCUT2D eigenvalue weighted by Gasteiger charge is 2.28. The highest BCUT2D eigenvalue weighted by molar-refractivity contribution is 5.85. The molecule has 0 rings (SSSR count). The summed E-state index contributed by atoms with van der Waals surface area (Å²) in [6.45, 7) is 2.34. The van der Waals surface area contributed by atoms with Crippen LogP contribution in [0, 0.1) is 0 Å². The Morgan fingerprint density at radius 1 is 1.44 bits per heavy atom. The molecule has 1 atom stereocenters. The highest BCUT2D eigenvalue weighted by Crippen LogP contribution is 2.15. The number of hydrogen-bond acceptors (Lipinski definition) is 1. The average molecular weight is 160 g/mol. The topological polar surface area (TPSA) is 12.0 Å². The number of hydrogen-bond donors (Lipinski definition) is 1. The first-order valence-electron chi connectivity index (χ1n) is 2.53. The Morgan fingerprint density at radius 3 is 1.78 bits per heavy atom. The second-order valence-electron chi connectivity index (χ2n) is 1.97. The first-order valence-corrected chi connectivity index (χ1v) is 2.53. The van der Waals surface area contributed by atoms with E-state index < -0.39 is 12.0 Å². The van der Waals surface area contributed by atoms with E-state index in [1.807, 2.05) is 0 Å². The van der Waals surface area contributed by atoms with E-state index in [1.54, 1.807) is 0 Å². The molecule has 58 valence electrons. The third-order valence-corrected chi connectivity index (χ3v) is 1.19. The molecule has 0 amide bonds. The Morgan fingerprint density at radius 2 is 1.78 bits per heavy atom. The Bertz CT molecular complexity index is 71.8. The van der Waals surface area contributed by atoms with Crippen LogP contribution < -0.4 is 5.32 Å². The Balaban J connectivity index is 0. The molecule has 0 aliphatic carbocycles. The van der Waals surface area contributed by atoms with Crippen molar-refractivity contribution in [2.45, 2.75) is 25.8 Å². The zero-order valence-corrected chi connectivity index (χ0v) is 6.56. The maximum Gasteiger partial charge on any atom is 0.260 e. The summed E-state index contributed by atoms with van der Waals surface area (Å²) in [5.41, 5.74) is 0. The molecule has 0 aromatic carbocycles. The maximum atomic E-state index is 12.1. The zero-order valence-electron chi connectivity index (χ0n) is 5.74. The summed E-state index contributed by atoms with van der Waals surface area (Å²) in [7, 11) is 1.52. The summed E-state index contributed by atoms with van der Waals surface area (Å²) in [6, 6.07) is -0.734. The summed E-state index contributed by atoms with van der Waals surface area (Å²) < 4.78 is 24.1. The number of rotatable bonds is 2. The molecule has 0 aromatic heterocycles. The second kappa shape index (κ2) is 4.01. The molecular formula is C5H12ClF2N. The second-order valence-corrected chi connectivity index (χ2v) is 1.97. The van der Waals surface area contributed by atoms with Crippen molar-refractivity contribution in [3.05, 3.63) is 0 Å². The molecule has 0 spiro atoms. The minimum Gasteiger partial charge on any atom is -0.312 e. The largest absolute Gasteiger partial charge is 0.312 e. The molecule has 4 heteroatoms. The molecule has 0 aromatic rings. The smallest absolute Gasteiger partial charge is 0.260 e. The summed E-state index contributed by atoms with van der Waals surface area (Å²) >= 11 is 0. The van der Waals surface area contributed by atoms with E-state index in [4.69, 9.17) is 0 Å². The monoisotopic (exact) mass is 159 g/mol. The standard InChI is InChI=1S/C5H11F2N.ClH/c1-4(8-3)5(2,6)7;/h4,8H,1-3H3;1H/t4-;/m1./s1. The van der Waals surface area contributed by atoms with Crippen molar-refractivity contribution in [2.24, 2.45) is 0 Å². The predicted molar refractivity (Wildman–Crippen MR) is 36.4 cm³/mol. The quantitative estimate of drug-likeness (QED) is 0.647. The first kappa shape index (κ1) is 11.9. The van der Waals surface area contributed by atoms with Gasteiger partial charge in [-0.15, -0.1) is 12.4 Å². The van der Waals surface area contributed by atoms with Crippen LogP contribution in [0.1, 0.15) is 13.8 Å². The third kappa shape index (κ3) is 4.60. The van der Waals surface area contributed by atoms with Crippen molar-refractivity contribution >= 4 is 12.4 Å². The fraction of sp³-hybridized carbons (Fsp3) is 1.00. The molecule has 1 N–H and O–H groups in total. The molecule has 0 radical (unpaired) electrons. The fourth-order valence-electron chi connectivity index (χ4n) is 0.253. The van der Waals surface area contributed by atoms with Crippen LogP contribution in [0.3, 0.4) is 0 Å². The van der Waals surface area contributed by atoms with Gasteiger partial charge in [-0.1, -0.05) is 0 Å². The lowest BCUT2D eigenvalue weighted by Crippen LogP contribution is -2.37. The molecule has 1 nitrogen and oxygen atoms in total. The van der Waals surface area contributed by atoms with Crippen molar-refractivity contribution in [3.63, 3.8) is 0 Å². The van der Waals surface area contributed by atoms with Crippen molar-refractivity contribution < 1.29 is 8.78 Å². The van der Waals surface area contributed by atoms with Gasteiger partial charge in [0.15, 0.2) is 0 Å². The van der Waals surface area contributed by atoms with Gasteiger partial charge in [0.05, 0.1) is 6.04 Å². The highest BCUT2D eigenvalue weighted by atomic mass is 35.5. The van der Waals surface area contributed by atoms with Gasteiger partial charge in [0.2, 0.25) is 0 Å². The molecule has 0 fully saturated rings. The lowest BCUT2D eigenvalue weighted by atomic mass is 10.2. The van der Waals surface area contributed by atoms with Gasteiger partial charge >= 0.3 is 0 Å². The molecule has 0 heterocycles. The van der Waals surface area contributed by atoms with E-state index in [0.717, 1.165) is 6.92 Å². The van der Waals surface area contributed by atoms with Crippen molar-refractivity contribution in [3.8, 4) is 0 Å². The molecular weight excluding hydrogens is 148 g/mol. The van der Waals surface area contributed by atoms with Crippen LogP contribution in [0.15, 0.2) is 0 Å². The summed E-state index contributed by atoms with van der Waals surface area (Å²) in [4.78, 5) is 0. The Kier molecular flexibility index (Phi) is 5.28. The number of halogens is 3. The number of alkyl halides is 2. The van der Waals surface area contributed by atoms with E-state index in [1.165, 1.54) is 14.0 Å². The minimum atomic E-state index is -2.60. The lowest BCUT2D eigenvalue weighted by molar-refractivity contribution is -0.00956. The van der Waals surface area contributed by atoms with E-state index >= 15 is 0 Å². The van der Waals surface area contributed by atoms with E-state index in [-0.39, 0.29) is 12.4 Å². The number of nitrogens with one attached hydrogen (secondary N) is 1. The molecule has 9 heavy (non-hydrogen) atoms. The van der Waals surface area contributed by atoms with Gasteiger partial charge in [0.1, 0.15) is 0 Å². The third-order valence-electron chi connectivity index (χ3n) is 1.19. The SMILES string of the molecule is CN[C@H](C)C(C)(F)F.Cl. The van der Waals surface area contributed by atoms with Crippen LogP contribution in [-0.2, 0) is 0 Å². The molecule has 0 aliphatic rings. The van der Waals surface area contributed by atoms with Crippen molar-refractivity contribution in [1.82, 2.24) is 5.32 Å². The van der Waals surface area contributed by atoms with Gasteiger partial charge in [0, 0.05) is 6.92 Å². The first-order chi connectivity index (χ1) is 3.48. The van der Waals surface area contributed by atoms with Gasteiger partial charge in [-0.2, -0.15) is 0 Å². The van der Waals surface area contributed by atoms with Crippen LogP contribution in [0.2, 0.25) is 0 Å². The molecule has 0 saturated heterocycles. The van der Waals surface area contributed by atoms with E-state index in [9.17, 15) is 8.78 Å². The predicted octanol–water partition coefficient (Wildman–Crippen LogP) is 1.67. The van der Waals surface area contributed by atoms with Gasteiger partial charge in [-0.25, -0.2) is 8.78 Å². The van der Waals surface area contributed by atoms with E-state index in [0.29, 0.717) is 0 Å². The Labute approximate surface area is 60.2 Å². The molecule has 0 aliphatic heterocycles. The molecule has 0 bridgehead atoms. The van der Waals surface area contributed by atoms with Crippen molar-refractivity contribution in [1.29, 1.82) is 0 Å². The normalized spacial score (nSPS) is 14.3. The van der Waals surface area contributed by atoms with Crippen LogP contribution in [0.25, 0.3) is 0 Å². The maximum absolute atomic E-state index is 12.1. The van der Waals surface area contributed by atoms with E-state index in [2.05, 4.69) is 5.32 Å². The fourth-order valence-corrected chi connectivity index (χ4v) is 0.253. The average Bonchev–Trinajstić information content (AvgIpc) is 1.62. The summed E-state index contributed by atoms with van der Waals surface area (Å²) in [6.07, 6.45) is 0. The van der Waals surface area contributed by atoms with Crippen LogP contribution in [0.5, 0.6) is 0 Å². The Hall–Kier alpha value is 0.110. The minimum absolute atomic E-state index is 0. The summed E-state index contributed by atoms with van der Waals surface area (Å²) in [5, 5.41) is 2.45. The molecule has 0 saturated carbocycles. The lowest BCUT2D eigenvalue weighted by Gasteiger charge is -2.17.